The van der Waals surface area contributed by atoms with Crippen LogP contribution in [0.4, 0.5) is 5.69 Å². The van der Waals surface area contributed by atoms with Gasteiger partial charge in [-0.25, -0.2) is 5.01 Å². The lowest BCUT2D eigenvalue weighted by Gasteiger charge is -2.22. The predicted molar refractivity (Wildman–Crippen MR) is 112 cm³/mol. The molecule has 1 aliphatic heterocycles. The molecule has 0 bridgehead atoms. The highest BCUT2D eigenvalue weighted by molar-refractivity contribution is 6.31. The molecule has 30 heavy (non-hydrogen) atoms. The number of halogens is 1. The van der Waals surface area contributed by atoms with E-state index in [0.717, 1.165) is 25.9 Å². The Kier molecular flexibility index (Phi) is 7.34. The van der Waals surface area contributed by atoms with Crippen molar-refractivity contribution in [2.75, 3.05) is 13.1 Å². The van der Waals surface area contributed by atoms with Crippen molar-refractivity contribution in [2.45, 2.75) is 25.3 Å². The Labute approximate surface area is 178 Å². The second kappa shape index (κ2) is 10.1. The van der Waals surface area contributed by atoms with Crippen molar-refractivity contribution in [3.63, 3.8) is 0 Å². The number of hydrazine groups is 2. The summed E-state index contributed by atoms with van der Waals surface area (Å²) in [6.07, 6.45) is 2.25. The van der Waals surface area contributed by atoms with Crippen LogP contribution in [-0.4, -0.2) is 40.9 Å². The molecule has 158 valence electrons. The van der Waals surface area contributed by atoms with Gasteiger partial charge in [-0.15, -0.1) is 0 Å². The molecule has 0 saturated carbocycles. The molecule has 0 radical (unpaired) electrons. The zero-order valence-corrected chi connectivity index (χ0v) is 16.9. The standard InChI is InChI=1S/C20H22ClN5O4/c21-16-5-3-4-15(13-16)19(27)22-18(20(28)23-24-25-10-1-2-11-25)12-14-6-8-17(9-7-14)26(29)30/h3-9,13,18,24H,1-2,10-12H2,(H,22,27)(H,23,28)/t18-/m0/s1. The minimum Gasteiger partial charge on any atom is -0.340 e. The van der Waals surface area contributed by atoms with Crippen LogP contribution >= 0.6 is 11.6 Å². The number of carbonyl (C=O) groups is 2. The second-order valence-corrected chi connectivity index (χ2v) is 7.40. The van der Waals surface area contributed by atoms with E-state index >= 15 is 0 Å². The average Bonchev–Trinajstić information content (AvgIpc) is 3.25. The Hall–Kier alpha value is -3.01. The Morgan fingerprint density at radius 3 is 2.47 bits per heavy atom. The first-order chi connectivity index (χ1) is 14.4. The van der Waals surface area contributed by atoms with Crippen LogP contribution in [0.3, 0.4) is 0 Å². The molecule has 1 heterocycles. The summed E-state index contributed by atoms with van der Waals surface area (Å²) in [5.74, 6) is -0.864. The fraction of sp³-hybridized carbons (Fsp3) is 0.300. The first-order valence-electron chi connectivity index (χ1n) is 9.52. The van der Waals surface area contributed by atoms with Gasteiger partial charge in [0, 0.05) is 42.2 Å². The third kappa shape index (κ3) is 5.99. The molecular weight excluding hydrogens is 410 g/mol. The maximum Gasteiger partial charge on any atom is 0.269 e. The number of rotatable bonds is 8. The average molecular weight is 432 g/mol. The van der Waals surface area contributed by atoms with Gasteiger partial charge < -0.3 is 5.32 Å². The SMILES string of the molecule is O=C(N[C@@H](Cc1ccc([N+](=O)[O-])cc1)C(=O)NNN1CCCC1)c1cccc(Cl)c1. The van der Waals surface area contributed by atoms with Gasteiger partial charge in [0.05, 0.1) is 4.92 Å². The molecule has 0 aliphatic carbocycles. The first kappa shape index (κ1) is 21.7. The number of carbonyl (C=O) groups excluding carboxylic acids is 2. The summed E-state index contributed by atoms with van der Waals surface area (Å²) in [5.41, 5.74) is 6.46. The molecule has 0 unspecified atom stereocenters. The van der Waals surface area contributed by atoms with Crippen molar-refractivity contribution < 1.29 is 14.5 Å². The van der Waals surface area contributed by atoms with Crippen LogP contribution < -0.4 is 16.3 Å². The molecule has 10 heteroatoms. The van der Waals surface area contributed by atoms with Gasteiger partial charge >= 0.3 is 0 Å². The maximum absolute atomic E-state index is 12.8. The van der Waals surface area contributed by atoms with Crippen molar-refractivity contribution in [1.29, 1.82) is 0 Å². The number of amides is 2. The van der Waals surface area contributed by atoms with Gasteiger partial charge in [0.25, 0.3) is 17.5 Å². The summed E-state index contributed by atoms with van der Waals surface area (Å²) in [7, 11) is 0. The number of benzene rings is 2. The number of hydrogen-bond donors (Lipinski definition) is 3. The Balaban J connectivity index is 1.71. The summed E-state index contributed by atoms with van der Waals surface area (Å²) >= 11 is 5.95. The number of nitrogens with zero attached hydrogens (tertiary/aromatic N) is 2. The van der Waals surface area contributed by atoms with Gasteiger partial charge in [-0.2, -0.15) is 5.53 Å². The highest BCUT2D eigenvalue weighted by Gasteiger charge is 2.23. The van der Waals surface area contributed by atoms with Crippen LogP contribution in [0.5, 0.6) is 0 Å². The van der Waals surface area contributed by atoms with E-state index in [1.807, 2.05) is 5.01 Å². The van der Waals surface area contributed by atoms with E-state index < -0.39 is 22.8 Å². The van der Waals surface area contributed by atoms with Crippen LogP contribution in [0.2, 0.25) is 5.02 Å². The lowest BCUT2D eigenvalue weighted by Crippen LogP contribution is -2.55. The van der Waals surface area contributed by atoms with E-state index in [-0.39, 0.29) is 12.1 Å². The minimum absolute atomic E-state index is 0.0431. The third-order valence-corrected chi connectivity index (χ3v) is 4.97. The Bertz CT molecular complexity index is 916. The molecule has 2 aromatic rings. The molecule has 9 nitrogen and oxygen atoms in total. The fourth-order valence-corrected chi connectivity index (χ4v) is 3.31. The van der Waals surface area contributed by atoms with Crippen molar-refractivity contribution in [3.05, 3.63) is 74.8 Å². The smallest absolute Gasteiger partial charge is 0.269 e. The van der Waals surface area contributed by atoms with Gasteiger partial charge in [0.1, 0.15) is 6.04 Å². The molecule has 3 rings (SSSR count). The van der Waals surface area contributed by atoms with Crippen LogP contribution in [0.25, 0.3) is 0 Å². The molecule has 0 aromatic heterocycles. The zero-order valence-electron chi connectivity index (χ0n) is 16.1. The molecule has 2 amide bonds. The van der Waals surface area contributed by atoms with E-state index in [1.54, 1.807) is 30.3 Å². The van der Waals surface area contributed by atoms with Crippen molar-refractivity contribution in [2.24, 2.45) is 0 Å². The Morgan fingerprint density at radius 2 is 1.83 bits per heavy atom. The topological polar surface area (TPSA) is 117 Å². The van der Waals surface area contributed by atoms with Crippen LogP contribution in [0, 0.1) is 10.1 Å². The lowest BCUT2D eigenvalue weighted by molar-refractivity contribution is -0.384. The number of nitrogens with one attached hydrogen (secondary N) is 3. The van der Waals surface area contributed by atoms with E-state index in [0.29, 0.717) is 16.1 Å². The number of hydrogen-bond acceptors (Lipinski definition) is 6. The summed E-state index contributed by atoms with van der Waals surface area (Å²) in [6, 6.07) is 11.4. The van der Waals surface area contributed by atoms with E-state index in [9.17, 15) is 19.7 Å². The predicted octanol–water partition coefficient (Wildman–Crippen LogP) is 2.22. The van der Waals surface area contributed by atoms with Gasteiger partial charge in [0.15, 0.2) is 0 Å². The van der Waals surface area contributed by atoms with Gasteiger partial charge in [-0.05, 0) is 36.6 Å². The number of nitro benzene ring substituents is 1. The van der Waals surface area contributed by atoms with Gasteiger partial charge in [-0.1, -0.05) is 29.8 Å². The molecule has 1 atom stereocenters. The molecule has 1 saturated heterocycles. The second-order valence-electron chi connectivity index (χ2n) is 6.96. The largest absolute Gasteiger partial charge is 0.340 e. The number of nitro groups is 1. The van der Waals surface area contributed by atoms with E-state index in [4.69, 9.17) is 11.6 Å². The molecule has 0 spiro atoms. The van der Waals surface area contributed by atoms with Crippen LogP contribution in [0.15, 0.2) is 48.5 Å². The summed E-state index contributed by atoms with van der Waals surface area (Å²) in [4.78, 5) is 35.8. The minimum atomic E-state index is -0.895. The lowest BCUT2D eigenvalue weighted by atomic mass is 10.0. The van der Waals surface area contributed by atoms with E-state index in [1.165, 1.54) is 18.2 Å². The molecule has 3 N–H and O–H groups in total. The highest BCUT2D eigenvalue weighted by atomic mass is 35.5. The maximum atomic E-state index is 12.8. The summed E-state index contributed by atoms with van der Waals surface area (Å²) in [5, 5.41) is 15.9. The molecular formula is C20H22ClN5O4. The molecule has 1 aliphatic rings. The monoisotopic (exact) mass is 431 g/mol. The quantitative estimate of drug-likeness (QED) is 0.436. The van der Waals surface area contributed by atoms with Crippen LogP contribution in [-0.2, 0) is 11.2 Å². The van der Waals surface area contributed by atoms with Gasteiger partial charge in [0.2, 0.25) is 0 Å². The normalized spacial score (nSPS) is 14.8. The van der Waals surface area contributed by atoms with Crippen LogP contribution in [0.1, 0.15) is 28.8 Å². The zero-order chi connectivity index (χ0) is 21.5. The molecule has 2 aromatic carbocycles. The summed E-state index contributed by atoms with van der Waals surface area (Å²) < 4.78 is 0. The van der Waals surface area contributed by atoms with Crippen molar-refractivity contribution >= 4 is 29.1 Å². The fourth-order valence-electron chi connectivity index (χ4n) is 3.12. The van der Waals surface area contributed by atoms with E-state index in [2.05, 4.69) is 16.3 Å². The summed E-state index contributed by atoms with van der Waals surface area (Å²) in [6.45, 7) is 1.64. The van der Waals surface area contributed by atoms with Gasteiger partial charge in [-0.3, -0.25) is 25.1 Å². The van der Waals surface area contributed by atoms with Crippen molar-refractivity contribution in [1.82, 2.24) is 21.3 Å². The van der Waals surface area contributed by atoms with Crippen molar-refractivity contribution in [3.8, 4) is 0 Å². The first-order valence-corrected chi connectivity index (χ1v) is 9.90. The Morgan fingerprint density at radius 1 is 1.13 bits per heavy atom. The highest BCUT2D eigenvalue weighted by Crippen LogP contribution is 2.14. The third-order valence-electron chi connectivity index (χ3n) is 4.74. The number of non-ortho nitro benzene ring substituents is 1. The molecule has 1 fully saturated rings.